The van der Waals surface area contributed by atoms with Crippen molar-refractivity contribution < 1.29 is 13.2 Å². The molecule has 0 saturated heterocycles. The molecule has 0 fully saturated rings. The van der Waals surface area contributed by atoms with Crippen molar-refractivity contribution in [3.8, 4) is 5.75 Å². The lowest BCUT2D eigenvalue weighted by atomic mass is 9.93. The summed E-state index contributed by atoms with van der Waals surface area (Å²) >= 11 is 12.4. The fraction of sp³-hybridized carbons (Fsp3) is 0.208. The maximum Gasteiger partial charge on any atom is 0.238 e. The van der Waals surface area contributed by atoms with Gasteiger partial charge in [0, 0.05) is 6.42 Å². The van der Waals surface area contributed by atoms with E-state index in [0.29, 0.717) is 16.5 Å². The maximum absolute atomic E-state index is 11.7. The van der Waals surface area contributed by atoms with Crippen molar-refractivity contribution in [1.29, 1.82) is 0 Å². The third-order valence-corrected chi connectivity index (χ3v) is 7.67. The third-order valence-electron chi connectivity index (χ3n) is 6.01. The number of hydrogen-bond acceptors (Lipinski definition) is 5. The fourth-order valence-corrected chi connectivity index (χ4v) is 5.14. The number of fused-ring (bicyclic) bond motifs is 1. The second kappa shape index (κ2) is 8.65. The van der Waals surface area contributed by atoms with Gasteiger partial charge in [-0.3, -0.25) is 5.01 Å². The second-order valence-corrected chi connectivity index (χ2v) is 10.5. The molecule has 0 spiro atoms. The zero-order valence-corrected chi connectivity index (χ0v) is 19.8. The molecule has 2 unspecified atom stereocenters. The van der Waals surface area contributed by atoms with Crippen molar-refractivity contribution in [1.82, 2.24) is 0 Å². The molecular formula is C24H21Cl2N3O3S. The Balaban J connectivity index is 1.51. The molecule has 33 heavy (non-hydrogen) atoms. The van der Waals surface area contributed by atoms with Gasteiger partial charge in [0.15, 0.2) is 0 Å². The van der Waals surface area contributed by atoms with Crippen LogP contribution in [-0.2, 0) is 16.4 Å². The third kappa shape index (κ3) is 4.46. The number of nitrogens with zero attached hydrogens (tertiary/aromatic N) is 2. The molecule has 3 aromatic rings. The number of hydrazone groups is 1. The van der Waals surface area contributed by atoms with E-state index in [-0.39, 0.29) is 17.0 Å². The van der Waals surface area contributed by atoms with Crippen LogP contribution in [0.15, 0.2) is 76.7 Å². The van der Waals surface area contributed by atoms with Gasteiger partial charge in [0.1, 0.15) is 11.9 Å². The highest BCUT2D eigenvalue weighted by atomic mass is 35.5. The molecule has 2 heterocycles. The number of sulfonamides is 1. The number of aryl methyl sites for hydroxylation is 1. The van der Waals surface area contributed by atoms with Gasteiger partial charge in [-0.1, -0.05) is 47.5 Å². The molecular weight excluding hydrogens is 481 g/mol. The minimum atomic E-state index is -3.78. The van der Waals surface area contributed by atoms with Crippen LogP contribution >= 0.6 is 23.2 Å². The van der Waals surface area contributed by atoms with Gasteiger partial charge in [-0.25, -0.2) is 13.6 Å². The van der Waals surface area contributed by atoms with E-state index in [1.807, 2.05) is 35.3 Å². The first-order chi connectivity index (χ1) is 15.8. The molecule has 0 radical (unpaired) electrons. The topological polar surface area (TPSA) is 85.0 Å². The van der Waals surface area contributed by atoms with Crippen LogP contribution in [0.25, 0.3) is 0 Å². The maximum atomic E-state index is 11.7. The number of hydrogen-bond donors (Lipinski definition) is 1. The molecule has 6 nitrogen and oxygen atoms in total. The van der Waals surface area contributed by atoms with Crippen molar-refractivity contribution in [3.63, 3.8) is 0 Å². The number of para-hydroxylation sites is 1. The van der Waals surface area contributed by atoms with E-state index in [1.165, 1.54) is 17.7 Å². The zero-order chi connectivity index (χ0) is 23.2. The Bertz CT molecular complexity index is 1340. The number of nitrogens with two attached hydrogens (primary N) is 1. The molecule has 0 bridgehead atoms. The quantitative estimate of drug-likeness (QED) is 0.543. The van der Waals surface area contributed by atoms with Crippen molar-refractivity contribution in [3.05, 3.63) is 87.9 Å². The highest BCUT2D eigenvalue weighted by molar-refractivity contribution is 7.89. The van der Waals surface area contributed by atoms with Gasteiger partial charge in [-0.15, -0.1) is 0 Å². The standard InChI is InChI=1S/C24H21Cl2N3O3S/c25-19-11-5-16(13-20(19)26)21-14-22(24-12-6-15-3-1-2-4-23(15)32-24)29(28-21)17-7-9-18(10-8-17)33(27,30)31/h1-5,7-11,13,22,24H,6,12,14H2,(H2,27,30,31). The number of primary sulfonamides is 1. The second-order valence-electron chi connectivity index (χ2n) is 8.13. The first-order valence-electron chi connectivity index (χ1n) is 10.5. The zero-order valence-electron chi connectivity index (χ0n) is 17.5. The largest absolute Gasteiger partial charge is 0.488 e. The van der Waals surface area contributed by atoms with Crippen molar-refractivity contribution in [2.75, 3.05) is 5.01 Å². The molecule has 0 saturated carbocycles. The summed E-state index contributed by atoms with van der Waals surface area (Å²) in [7, 11) is -3.78. The molecule has 2 atom stereocenters. The number of halogens is 2. The van der Waals surface area contributed by atoms with E-state index >= 15 is 0 Å². The Labute approximate surface area is 202 Å². The lowest BCUT2D eigenvalue weighted by Crippen LogP contribution is -2.43. The van der Waals surface area contributed by atoms with E-state index in [0.717, 1.165) is 35.6 Å². The fourth-order valence-electron chi connectivity index (χ4n) is 4.32. The number of rotatable bonds is 4. The van der Waals surface area contributed by atoms with Crippen LogP contribution in [0.4, 0.5) is 5.69 Å². The molecule has 9 heteroatoms. The van der Waals surface area contributed by atoms with Crippen LogP contribution < -0.4 is 14.9 Å². The van der Waals surface area contributed by atoms with Gasteiger partial charge >= 0.3 is 0 Å². The molecule has 5 rings (SSSR count). The Kier molecular flexibility index (Phi) is 5.82. The van der Waals surface area contributed by atoms with Crippen molar-refractivity contribution in [2.24, 2.45) is 10.2 Å². The van der Waals surface area contributed by atoms with E-state index in [4.69, 9.17) is 38.2 Å². The van der Waals surface area contributed by atoms with Crippen LogP contribution in [0.1, 0.15) is 24.0 Å². The van der Waals surface area contributed by atoms with E-state index in [2.05, 4.69) is 6.07 Å². The number of benzene rings is 3. The van der Waals surface area contributed by atoms with Crippen LogP contribution in [0, 0.1) is 0 Å². The normalized spacial score (nSPS) is 20.2. The average Bonchev–Trinajstić information content (AvgIpc) is 3.25. The smallest absolute Gasteiger partial charge is 0.238 e. The summed E-state index contributed by atoms with van der Waals surface area (Å²) in [5, 5.41) is 13.0. The summed E-state index contributed by atoms with van der Waals surface area (Å²) in [6.45, 7) is 0. The first kappa shape index (κ1) is 22.2. The predicted molar refractivity (Wildman–Crippen MR) is 131 cm³/mol. The Morgan fingerprint density at radius 2 is 1.76 bits per heavy atom. The molecule has 3 aromatic carbocycles. The van der Waals surface area contributed by atoms with E-state index < -0.39 is 10.0 Å². The predicted octanol–water partition coefficient (Wildman–Crippen LogP) is 5.02. The molecule has 0 aromatic heterocycles. The van der Waals surface area contributed by atoms with Crippen LogP contribution in [-0.4, -0.2) is 26.3 Å². The minimum absolute atomic E-state index is 0.0542. The Morgan fingerprint density at radius 3 is 2.48 bits per heavy atom. The molecule has 0 amide bonds. The first-order valence-corrected chi connectivity index (χ1v) is 12.8. The van der Waals surface area contributed by atoms with Crippen molar-refractivity contribution in [2.45, 2.75) is 36.3 Å². The molecule has 2 aliphatic rings. The van der Waals surface area contributed by atoms with Gasteiger partial charge in [0.25, 0.3) is 0 Å². The molecule has 0 aliphatic carbocycles. The summed E-state index contributed by atoms with van der Waals surface area (Å²) in [6.07, 6.45) is 2.30. The van der Waals surface area contributed by atoms with Crippen molar-refractivity contribution >= 4 is 44.6 Å². The lowest BCUT2D eigenvalue weighted by molar-refractivity contribution is 0.146. The van der Waals surface area contributed by atoms with Crippen LogP contribution in [0.5, 0.6) is 5.75 Å². The average molecular weight is 502 g/mol. The highest BCUT2D eigenvalue weighted by Gasteiger charge is 2.38. The van der Waals surface area contributed by atoms with Gasteiger partial charge < -0.3 is 4.74 Å². The lowest BCUT2D eigenvalue weighted by Gasteiger charge is -2.34. The van der Waals surface area contributed by atoms with E-state index in [1.54, 1.807) is 18.2 Å². The SMILES string of the molecule is NS(=O)(=O)c1ccc(N2N=C(c3ccc(Cl)c(Cl)c3)CC2C2CCc3ccccc3O2)cc1. The summed E-state index contributed by atoms with van der Waals surface area (Å²) in [6, 6.07) is 19.9. The molecule has 2 N–H and O–H groups in total. The molecule has 170 valence electrons. The summed E-state index contributed by atoms with van der Waals surface area (Å²) in [5.74, 6) is 0.890. The number of ether oxygens (including phenoxy) is 1. The summed E-state index contributed by atoms with van der Waals surface area (Å²) in [5.41, 5.74) is 3.69. The van der Waals surface area contributed by atoms with E-state index in [9.17, 15) is 8.42 Å². The monoisotopic (exact) mass is 501 g/mol. The van der Waals surface area contributed by atoms with Gasteiger partial charge in [0.2, 0.25) is 10.0 Å². The Morgan fingerprint density at radius 1 is 1.00 bits per heavy atom. The molecule has 2 aliphatic heterocycles. The summed E-state index contributed by atoms with van der Waals surface area (Å²) < 4.78 is 29.8. The van der Waals surface area contributed by atoms with Gasteiger partial charge in [-0.2, -0.15) is 5.10 Å². The van der Waals surface area contributed by atoms with Crippen LogP contribution in [0.2, 0.25) is 10.0 Å². The number of anilines is 1. The highest BCUT2D eigenvalue weighted by Crippen LogP contribution is 2.36. The Hall–Kier alpha value is -2.58. The van der Waals surface area contributed by atoms with Gasteiger partial charge in [0.05, 0.1) is 32.4 Å². The minimum Gasteiger partial charge on any atom is -0.488 e. The summed E-state index contributed by atoms with van der Waals surface area (Å²) in [4.78, 5) is 0.0542. The van der Waals surface area contributed by atoms with Gasteiger partial charge in [-0.05, 0) is 66.4 Å². The van der Waals surface area contributed by atoms with Crippen LogP contribution in [0.3, 0.4) is 0 Å².